The molecule has 2 atom stereocenters. The number of halogens is 3. The summed E-state index contributed by atoms with van der Waals surface area (Å²) in [5.74, 6) is 1.05. The van der Waals surface area contributed by atoms with E-state index in [2.05, 4.69) is 10.2 Å². The fourth-order valence-corrected chi connectivity index (χ4v) is 2.92. The number of alkyl halides is 3. The lowest BCUT2D eigenvalue weighted by molar-refractivity contribution is -0.127. The monoisotopic (exact) mass is 280 g/mol. The lowest BCUT2D eigenvalue weighted by Crippen LogP contribution is -2.51. The molecule has 0 spiro atoms. The van der Waals surface area contributed by atoms with Crippen LogP contribution in [-0.2, 0) is 0 Å². The minimum atomic E-state index is -4.15. The topological polar surface area (TPSA) is 35.5 Å². The first kappa shape index (κ1) is 15.1. The Morgan fingerprint density at radius 2 is 1.89 bits per heavy atom. The maximum absolute atomic E-state index is 12.3. The van der Waals surface area contributed by atoms with E-state index in [-0.39, 0.29) is 12.6 Å². The molecule has 1 aliphatic carbocycles. The van der Waals surface area contributed by atoms with E-state index in [1.807, 2.05) is 0 Å². The highest BCUT2D eigenvalue weighted by molar-refractivity contribution is 4.87. The molecule has 2 N–H and O–H groups in total. The molecule has 0 aromatic carbocycles. The molecule has 1 saturated heterocycles. The molecule has 19 heavy (non-hydrogen) atoms. The van der Waals surface area contributed by atoms with Gasteiger partial charge in [-0.3, -0.25) is 0 Å². The number of aliphatic hydroxyl groups excluding tert-OH is 1. The maximum Gasteiger partial charge on any atom is 0.401 e. The first-order valence-electron chi connectivity index (χ1n) is 7.09. The first-order chi connectivity index (χ1) is 8.96. The van der Waals surface area contributed by atoms with Gasteiger partial charge in [0.1, 0.15) is 0 Å². The fourth-order valence-electron chi connectivity index (χ4n) is 2.92. The molecule has 0 bridgehead atoms. The van der Waals surface area contributed by atoms with Gasteiger partial charge in [-0.05, 0) is 37.5 Å². The smallest absolute Gasteiger partial charge is 0.396 e. The quantitative estimate of drug-likeness (QED) is 0.776. The normalized spacial score (nSPS) is 29.7. The van der Waals surface area contributed by atoms with Gasteiger partial charge in [0.2, 0.25) is 0 Å². The van der Waals surface area contributed by atoms with E-state index in [1.54, 1.807) is 0 Å². The summed E-state index contributed by atoms with van der Waals surface area (Å²) in [6.07, 6.45) is -0.224. The van der Waals surface area contributed by atoms with Crippen LogP contribution >= 0.6 is 0 Å². The molecule has 0 radical (unpaired) electrons. The van der Waals surface area contributed by atoms with Gasteiger partial charge in [0, 0.05) is 32.3 Å². The molecule has 2 aliphatic rings. The molecule has 1 aliphatic heterocycles. The average Bonchev–Trinajstić information content (AvgIpc) is 3.10. The van der Waals surface area contributed by atoms with Crippen molar-refractivity contribution in [1.82, 2.24) is 10.2 Å². The van der Waals surface area contributed by atoms with Crippen LogP contribution in [0.5, 0.6) is 0 Å². The molecule has 0 amide bonds. The summed E-state index contributed by atoms with van der Waals surface area (Å²) in [5, 5.41) is 11.7. The largest absolute Gasteiger partial charge is 0.401 e. The number of piperidine rings is 1. The zero-order valence-electron chi connectivity index (χ0n) is 11.1. The molecule has 112 valence electrons. The van der Waals surface area contributed by atoms with Crippen molar-refractivity contribution >= 4 is 0 Å². The third kappa shape index (κ3) is 5.67. The summed E-state index contributed by atoms with van der Waals surface area (Å²) in [5.41, 5.74) is 0. The van der Waals surface area contributed by atoms with Crippen molar-refractivity contribution in [2.45, 2.75) is 37.9 Å². The number of hydrogen-bond acceptors (Lipinski definition) is 3. The molecule has 2 fully saturated rings. The van der Waals surface area contributed by atoms with Crippen molar-refractivity contribution in [3.8, 4) is 0 Å². The SMILES string of the molecule is OCCC1CC(NCC(F)(F)F)CN(CC2CC2)C1. The Morgan fingerprint density at radius 3 is 2.47 bits per heavy atom. The second kappa shape index (κ2) is 6.41. The van der Waals surface area contributed by atoms with Gasteiger partial charge < -0.3 is 15.3 Å². The Morgan fingerprint density at radius 1 is 1.16 bits per heavy atom. The Bertz CT molecular complexity index is 282. The van der Waals surface area contributed by atoms with E-state index in [4.69, 9.17) is 5.11 Å². The third-order valence-corrected chi connectivity index (χ3v) is 3.95. The number of aliphatic hydroxyl groups is 1. The maximum atomic E-state index is 12.3. The van der Waals surface area contributed by atoms with Crippen molar-refractivity contribution in [2.24, 2.45) is 11.8 Å². The molecule has 3 nitrogen and oxygen atoms in total. The Kier molecular flexibility index (Phi) is 5.09. The number of nitrogens with one attached hydrogen (secondary N) is 1. The number of rotatable bonds is 6. The molecule has 1 saturated carbocycles. The van der Waals surface area contributed by atoms with Crippen LogP contribution in [-0.4, -0.2) is 55.0 Å². The van der Waals surface area contributed by atoms with Gasteiger partial charge in [0.25, 0.3) is 0 Å². The predicted octanol–water partition coefficient (Wildman–Crippen LogP) is 1.62. The highest BCUT2D eigenvalue weighted by Crippen LogP contribution is 2.31. The summed E-state index contributed by atoms with van der Waals surface area (Å²) >= 11 is 0. The van der Waals surface area contributed by atoms with Gasteiger partial charge in [-0.1, -0.05) is 0 Å². The van der Waals surface area contributed by atoms with Crippen LogP contribution in [0.2, 0.25) is 0 Å². The lowest BCUT2D eigenvalue weighted by Gasteiger charge is -2.38. The molecule has 6 heteroatoms. The summed E-state index contributed by atoms with van der Waals surface area (Å²) in [6.45, 7) is 1.83. The summed E-state index contributed by atoms with van der Waals surface area (Å²) in [7, 11) is 0. The van der Waals surface area contributed by atoms with Crippen LogP contribution in [0, 0.1) is 11.8 Å². The Balaban J connectivity index is 1.82. The molecule has 1 heterocycles. The molecule has 0 aromatic rings. The summed E-state index contributed by atoms with van der Waals surface area (Å²) < 4.78 is 36.8. The van der Waals surface area contributed by atoms with Crippen LogP contribution in [0.4, 0.5) is 13.2 Å². The predicted molar refractivity (Wildman–Crippen MR) is 66.8 cm³/mol. The van der Waals surface area contributed by atoms with Gasteiger partial charge in [0.05, 0.1) is 6.54 Å². The molecular weight excluding hydrogens is 257 g/mol. The van der Waals surface area contributed by atoms with E-state index in [0.717, 1.165) is 25.4 Å². The summed E-state index contributed by atoms with van der Waals surface area (Å²) in [4.78, 5) is 2.27. The van der Waals surface area contributed by atoms with E-state index in [1.165, 1.54) is 12.8 Å². The van der Waals surface area contributed by atoms with E-state index in [0.29, 0.717) is 18.9 Å². The average molecular weight is 280 g/mol. The minimum absolute atomic E-state index is 0.106. The molecule has 0 aromatic heterocycles. The fraction of sp³-hybridized carbons (Fsp3) is 1.00. The lowest BCUT2D eigenvalue weighted by atomic mass is 9.91. The Labute approximate surface area is 112 Å². The standard InChI is InChI=1S/C13H23F3N2O/c14-13(15,16)9-17-12-5-11(3-4-19)7-18(8-12)6-10-1-2-10/h10-12,17,19H,1-9H2. The van der Waals surface area contributed by atoms with Crippen molar-refractivity contribution in [1.29, 1.82) is 0 Å². The second-order valence-corrected chi connectivity index (χ2v) is 5.97. The first-order valence-corrected chi connectivity index (χ1v) is 7.09. The number of likely N-dealkylation sites (tertiary alicyclic amines) is 1. The van der Waals surface area contributed by atoms with E-state index >= 15 is 0 Å². The highest BCUT2D eigenvalue weighted by atomic mass is 19.4. The van der Waals surface area contributed by atoms with Gasteiger partial charge in [-0.25, -0.2) is 0 Å². The highest BCUT2D eigenvalue weighted by Gasteiger charge is 2.33. The molecular formula is C13H23F3N2O. The minimum Gasteiger partial charge on any atom is -0.396 e. The van der Waals surface area contributed by atoms with Crippen LogP contribution in [0.25, 0.3) is 0 Å². The van der Waals surface area contributed by atoms with Crippen molar-refractivity contribution < 1.29 is 18.3 Å². The van der Waals surface area contributed by atoms with Crippen LogP contribution in [0.1, 0.15) is 25.7 Å². The van der Waals surface area contributed by atoms with Crippen LogP contribution in [0.3, 0.4) is 0 Å². The molecule has 2 unspecified atom stereocenters. The van der Waals surface area contributed by atoms with Gasteiger partial charge in [-0.2, -0.15) is 13.2 Å². The van der Waals surface area contributed by atoms with Crippen LogP contribution in [0.15, 0.2) is 0 Å². The van der Waals surface area contributed by atoms with Gasteiger partial charge in [-0.15, -0.1) is 0 Å². The van der Waals surface area contributed by atoms with E-state index in [9.17, 15) is 13.2 Å². The summed E-state index contributed by atoms with van der Waals surface area (Å²) in [6, 6.07) is -0.106. The number of nitrogens with zero attached hydrogens (tertiary/aromatic N) is 1. The number of hydrogen-bond donors (Lipinski definition) is 2. The van der Waals surface area contributed by atoms with Gasteiger partial charge in [0.15, 0.2) is 0 Å². The van der Waals surface area contributed by atoms with Crippen LogP contribution < -0.4 is 5.32 Å². The van der Waals surface area contributed by atoms with Crippen molar-refractivity contribution in [3.05, 3.63) is 0 Å². The Hall–Kier alpha value is -0.330. The van der Waals surface area contributed by atoms with Crippen molar-refractivity contribution in [2.75, 3.05) is 32.8 Å². The zero-order chi connectivity index (χ0) is 13.9. The zero-order valence-corrected chi connectivity index (χ0v) is 11.1. The van der Waals surface area contributed by atoms with Crippen molar-refractivity contribution in [3.63, 3.8) is 0 Å². The van der Waals surface area contributed by atoms with Gasteiger partial charge >= 0.3 is 6.18 Å². The molecule has 2 rings (SSSR count). The third-order valence-electron chi connectivity index (χ3n) is 3.95. The van der Waals surface area contributed by atoms with E-state index < -0.39 is 12.7 Å². The second-order valence-electron chi connectivity index (χ2n) is 5.97.